The third-order valence-corrected chi connectivity index (χ3v) is 3.00. The second kappa shape index (κ2) is 5.80. The molecule has 1 atom stereocenters. The van der Waals surface area contributed by atoms with Crippen molar-refractivity contribution in [1.29, 1.82) is 0 Å². The van der Waals surface area contributed by atoms with Gasteiger partial charge in [-0.1, -0.05) is 13.0 Å². The maximum atomic E-state index is 4.27. The van der Waals surface area contributed by atoms with Gasteiger partial charge in [0.1, 0.15) is 12.2 Å². The molecule has 0 amide bonds. The summed E-state index contributed by atoms with van der Waals surface area (Å²) in [6.07, 6.45) is 10.1. The van der Waals surface area contributed by atoms with E-state index in [2.05, 4.69) is 33.5 Å². The molecule has 0 saturated carbocycles. The van der Waals surface area contributed by atoms with Crippen LogP contribution in [0.25, 0.3) is 0 Å². The smallest absolute Gasteiger partial charge is 0.145 e. The first-order valence-electron chi connectivity index (χ1n) is 6.19. The van der Waals surface area contributed by atoms with E-state index in [1.54, 1.807) is 6.33 Å². The highest BCUT2D eigenvalue weighted by Gasteiger charge is 2.19. The van der Waals surface area contributed by atoms with E-state index in [0.717, 1.165) is 18.8 Å². The number of aromatic nitrogens is 3. The number of hydrogen-bond acceptors (Lipinski definition) is 3. The summed E-state index contributed by atoms with van der Waals surface area (Å²) in [4.78, 5) is 4.27. The van der Waals surface area contributed by atoms with Crippen molar-refractivity contribution in [1.82, 2.24) is 20.5 Å². The highest BCUT2D eigenvalue weighted by Crippen LogP contribution is 2.27. The van der Waals surface area contributed by atoms with Gasteiger partial charge in [0.05, 0.1) is 6.04 Å². The van der Waals surface area contributed by atoms with Crippen molar-refractivity contribution in [3.8, 4) is 0 Å². The molecule has 1 aromatic rings. The molecule has 0 radical (unpaired) electrons. The van der Waals surface area contributed by atoms with E-state index in [1.807, 2.05) is 0 Å². The first-order valence-corrected chi connectivity index (χ1v) is 6.19. The summed E-state index contributed by atoms with van der Waals surface area (Å²) in [6.45, 7) is 3.20. The number of allylic oxidation sites excluding steroid dienone is 1. The Bertz CT molecular complexity index is 329. The Hall–Kier alpha value is -1.16. The number of H-pyrrole nitrogens is 1. The summed E-state index contributed by atoms with van der Waals surface area (Å²) in [7, 11) is 0. The van der Waals surface area contributed by atoms with Crippen LogP contribution in [0.1, 0.15) is 50.9 Å². The molecule has 0 bridgehead atoms. The molecule has 2 rings (SSSR count). The summed E-state index contributed by atoms with van der Waals surface area (Å²) in [5.41, 5.74) is 1.47. The van der Waals surface area contributed by atoms with Crippen molar-refractivity contribution < 1.29 is 0 Å². The zero-order valence-corrected chi connectivity index (χ0v) is 9.87. The van der Waals surface area contributed by atoms with Crippen LogP contribution in [0.15, 0.2) is 18.0 Å². The van der Waals surface area contributed by atoms with E-state index in [1.165, 1.54) is 31.3 Å². The Balaban J connectivity index is 2.10. The molecule has 2 N–H and O–H groups in total. The largest absolute Gasteiger partial charge is 0.304 e. The topological polar surface area (TPSA) is 53.6 Å². The minimum absolute atomic E-state index is 0.239. The Morgan fingerprint density at radius 2 is 2.44 bits per heavy atom. The van der Waals surface area contributed by atoms with Gasteiger partial charge in [0.15, 0.2) is 0 Å². The van der Waals surface area contributed by atoms with E-state index >= 15 is 0 Å². The molecule has 0 aliphatic heterocycles. The normalized spacial score (nSPS) is 18.2. The molecular weight excluding hydrogens is 200 g/mol. The van der Waals surface area contributed by atoms with E-state index in [4.69, 9.17) is 0 Å². The van der Waals surface area contributed by atoms with Gasteiger partial charge in [-0.3, -0.25) is 5.10 Å². The Morgan fingerprint density at radius 1 is 1.50 bits per heavy atom. The number of rotatable bonds is 5. The molecule has 0 spiro atoms. The fourth-order valence-electron chi connectivity index (χ4n) is 2.17. The molecule has 1 aromatic heterocycles. The summed E-state index contributed by atoms with van der Waals surface area (Å²) in [5.74, 6) is 0.946. The number of nitrogens with one attached hydrogen (secondary N) is 2. The van der Waals surface area contributed by atoms with Gasteiger partial charge in [-0.25, -0.2) is 4.98 Å². The molecule has 1 aliphatic carbocycles. The Labute approximate surface area is 96.6 Å². The van der Waals surface area contributed by atoms with Crippen molar-refractivity contribution >= 4 is 0 Å². The predicted molar refractivity (Wildman–Crippen MR) is 64.0 cm³/mol. The fourth-order valence-corrected chi connectivity index (χ4v) is 2.17. The lowest BCUT2D eigenvalue weighted by Gasteiger charge is -2.22. The van der Waals surface area contributed by atoms with Crippen molar-refractivity contribution in [2.45, 2.75) is 45.1 Å². The lowest BCUT2D eigenvalue weighted by molar-refractivity contribution is 0.527. The number of aromatic amines is 1. The van der Waals surface area contributed by atoms with Crippen molar-refractivity contribution in [2.24, 2.45) is 0 Å². The molecule has 16 heavy (non-hydrogen) atoms. The minimum atomic E-state index is 0.239. The Kier molecular flexibility index (Phi) is 4.10. The Morgan fingerprint density at radius 3 is 3.06 bits per heavy atom. The van der Waals surface area contributed by atoms with Gasteiger partial charge in [-0.15, -0.1) is 0 Å². The van der Waals surface area contributed by atoms with Crippen molar-refractivity contribution in [3.05, 3.63) is 23.8 Å². The van der Waals surface area contributed by atoms with Crippen LogP contribution in [0.5, 0.6) is 0 Å². The van der Waals surface area contributed by atoms with Gasteiger partial charge >= 0.3 is 0 Å². The molecule has 0 aromatic carbocycles. The first-order chi connectivity index (χ1) is 7.92. The minimum Gasteiger partial charge on any atom is -0.304 e. The molecule has 0 fully saturated rings. The highest BCUT2D eigenvalue weighted by atomic mass is 15.2. The van der Waals surface area contributed by atoms with Gasteiger partial charge < -0.3 is 5.32 Å². The maximum absolute atomic E-state index is 4.27. The quantitative estimate of drug-likeness (QED) is 0.749. The van der Waals surface area contributed by atoms with Crippen LogP contribution >= 0.6 is 0 Å². The van der Waals surface area contributed by atoms with Crippen LogP contribution in [-0.2, 0) is 0 Å². The third-order valence-electron chi connectivity index (χ3n) is 3.00. The molecule has 88 valence electrons. The summed E-state index contributed by atoms with van der Waals surface area (Å²) < 4.78 is 0. The van der Waals surface area contributed by atoms with Crippen molar-refractivity contribution in [3.63, 3.8) is 0 Å². The standard InChI is InChI=1S/C12H20N4/c1-2-8-13-11(12-14-9-15-16-12)10-6-4-3-5-7-10/h6,9,11,13H,2-5,7-8H2,1H3,(H,14,15,16). The summed E-state index contributed by atoms with van der Waals surface area (Å²) >= 11 is 0. The molecule has 0 saturated heterocycles. The van der Waals surface area contributed by atoms with Crippen LogP contribution in [-0.4, -0.2) is 21.7 Å². The van der Waals surface area contributed by atoms with E-state index < -0.39 is 0 Å². The third kappa shape index (κ3) is 2.70. The average molecular weight is 220 g/mol. The van der Waals surface area contributed by atoms with E-state index in [0.29, 0.717) is 0 Å². The average Bonchev–Trinajstić information content (AvgIpc) is 2.85. The zero-order valence-electron chi connectivity index (χ0n) is 9.87. The number of hydrogen-bond donors (Lipinski definition) is 2. The van der Waals surface area contributed by atoms with Gasteiger partial charge in [0.25, 0.3) is 0 Å². The SMILES string of the molecule is CCCNC(C1=CCCCC1)c1ncn[nH]1. The van der Waals surface area contributed by atoms with Gasteiger partial charge in [-0.05, 0) is 44.2 Å². The van der Waals surface area contributed by atoms with Crippen LogP contribution in [0.2, 0.25) is 0 Å². The summed E-state index contributed by atoms with van der Waals surface area (Å²) in [6, 6.07) is 0.239. The van der Waals surface area contributed by atoms with Crippen LogP contribution in [0.3, 0.4) is 0 Å². The van der Waals surface area contributed by atoms with Crippen LogP contribution in [0.4, 0.5) is 0 Å². The zero-order chi connectivity index (χ0) is 11.2. The predicted octanol–water partition coefficient (Wildman–Crippen LogP) is 2.35. The fraction of sp³-hybridized carbons (Fsp3) is 0.667. The summed E-state index contributed by atoms with van der Waals surface area (Å²) in [5, 5.41) is 10.5. The first kappa shape index (κ1) is 11.3. The highest BCUT2D eigenvalue weighted by molar-refractivity contribution is 5.18. The van der Waals surface area contributed by atoms with Gasteiger partial charge in [0.2, 0.25) is 0 Å². The van der Waals surface area contributed by atoms with E-state index in [-0.39, 0.29) is 6.04 Å². The lowest BCUT2D eigenvalue weighted by Crippen LogP contribution is -2.25. The lowest BCUT2D eigenvalue weighted by atomic mass is 9.93. The van der Waals surface area contributed by atoms with Crippen LogP contribution < -0.4 is 5.32 Å². The van der Waals surface area contributed by atoms with Crippen LogP contribution in [0, 0.1) is 0 Å². The van der Waals surface area contributed by atoms with Crippen molar-refractivity contribution in [2.75, 3.05) is 6.54 Å². The van der Waals surface area contributed by atoms with Gasteiger partial charge in [0, 0.05) is 0 Å². The molecule has 4 nitrogen and oxygen atoms in total. The second-order valence-electron chi connectivity index (χ2n) is 4.28. The van der Waals surface area contributed by atoms with Gasteiger partial charge in [-0.2, -0.15) is 5.10 Å². The van der Waals surface area contributed by atoms with E-state index in [9.17, 15) is 0 Å². The molecule has 1 heterocycles. The maximum Gasteiger partial charge on any atom is 0.145 e. The second-order valence-corrected chi connectivity index (χ2v) is 4.28. The molecular formula is C12H20N4. The monoisotopic (exact) mass is 220 g/mol. The molecule has 1 aliphatic rings. The molecule has 4 heteroatoms. The number of nitrogens with zero attached hydrogens (tertiary/aromatic N) is 2. The molecule has 1 unspecified atom stereocenters.